The van der Waals surface area contributed by atoms with Crippen LogP contribution in [0.25, 0.3) is 0 Å². The molecule has 0 saturated heterocycles. The summed E-state index contributed by atoms with van der Waals surface area (Å²) in [6.07, 6.45) is 2.84. The second-order valence-corrected chi connectivity index (χ2v) is 4.26. The highest BCUT2D eigenvalue weighted by Crippen LogP contribution is 2.13. The first kappa shape index (κ1) is 13.8. The standard InChI is InChI=1S/C12H24N4O/c1-4-7-14-15-12-6-9-16(10(2)17)8-5-11(12)13-3/h13-15H,4-9H2,1-3H3. The zero-order valence-electron chi connectivity index (χ0n) is 11.1. The summed E-state index contributed by atoms with van der Waals surface area (Å²) in [4.78, 5) is 13.3. The monoisotopic (exact) mass is 240 g/mol. The fourth-order valence-electron chi connectivity index (χ4n) is 1.93. The van der Waals surface area contributed by atoms with Crippen molar-refractivity contribution in [3.8, 4) is 0 Å². The van der Waals surface area contributed by atoms with E-state index in [-0.39, 0.29) is 5.91 Å². The van der Waals surface area contributed by atoms with Gasteiger partial charge in [-0.1, -0.05) is 6.92 Å². The van der Waals surface area contributed by atoms with E-state index in [0.717, 1.165) is 38.9 Å². The summed E-state index contributed by atoms with van der Waals surface area (Å²) in [7, 11) is 1.93. The summed E-state index contributed by atoms with van der Waals surface area (Å²) in [6, 6.07) is 0. The quantitative estimate of drug-likeness (QED) is 0.485. The van der Waals surface area contributed by atoms with Crippen LogP contribution in [0, 0.1) is 0 Å². The van der Waals surface area contributed by atoms with Gasteiger partial charge < -0.3 is 15.6 Å². The van der Waals surface area contributed by atoms with Gasteiger partial charge in [0.25, 0.3) is 0 Å². The van der Waals surface area contributed by atoms with E-state index in [1.807, 2.05) is 11.9 Å². The topological polar surface area (TPSA) is 56.4 Å². The van der Waals surface area contributed by atoms with Gasteiger partial charge in [0.2, 0.25) is 5.91 Å². The zero-order chi connectivity index (χ0) is 12.7. The molecule has 5 nitrogen and oxygen atoms in total. The highest BCUT2D eigenvalue weighted by atomic mass is 16.2. The molecule has 17 heavy (non-hydrogen) atoms. The fraction of sp³-hybridized carbons (Fsp3) is 0.750. The Morgan fingerprint density at radius 2 is 1.94 bits per heavy atom. The molecular formula is C12H24N4O. The first-order chi connectivity index (χ1) is 8.19. The lowest BCUT2D eigenvalue weighted by Gasteiger charge is -2.18. The molecule has 1 aliphatic rings. The molecule has 0 aliphatic carbocycles. The smallest absolute Gasteiger partial charge is 0.219 e. The average molecular weight is 240 g/mol. The van der Waals surface area contributed by atoms with Gasteiger partial charge in [-0.3, -0.25) is 4.79 Å². The molecule has 1 amide bonds. The van der Waals surface area contributed by atoms with Crippen molar-refractivity contribution in [1.29, 1.82) is 0 Å². The van der Waals surface area contributed by atoms with Gasteiger partial charge in [-0.15, -0.1) is 0 Å². The van der Waals surface area contributed by atoms with Crippen LogP contribution in [0.1, 0.15) is 33.1 Å². The normalized spacial score (nSPS) is 16.8. The van der Waals surface area contributed by atoms with E-state index in [1.54, 1.807) is 6.92 Å². The maximum Gasteiger partial charge on any atom is 0.219 e. The van der Waals surface area contributed by atoms with Crippen LogP contribution >= 0.6 is 0 Å². The third kappa shape index (κ3) is 4.26. The first-order valence-electron chi connectivity index (χ1n) is 6.33. The number of carbonyl (C=O) groups excluding carboxylic acids is 1. The summed E-state index contributed by atoms with van der Waals surface area (Å²) in [5.41, 5.74) is 8.80. The molecule has 0 fully saturated rings. The summed E-state index contributed by atoms with van der Waals surface area (Å²) in [5.74, 6) is 0.156. The molecule has 1 rings (SSSR count). The number of hydrazine groups is 1. The lowest BCUT2D eigenvalue weighted by atomic mass is 10.2. The van der Waals surface area contributed by atoms with Crippen molar-refractivity contribution < 1.29 is 4.79 Å². The van der Waals surface area contributed by atoms with E-state index in [0.29, 0.717) is 0 Å². The van der Waals surface area contributed by atoms with Gasteiger partial charge in [0, 0.05) is 57.8 Å². The van der Waals surface area contributed by atoms with E-state index < -0.39 is 0 Å². The zero-order valence-corrected chi connectivity index (χ0v) is 11.1. The molecule has 0 bridgehead atoms. The molecule has 0 saturated carbocycles. The Bertz CT molecular complexity index is 288. The van der Waals surface area contributed by atoms with E-state index in [9.17, 15) is 4.79 Å². The predicted octanol–water partition coefficient (Wildman–Crippen LogP) is 0.564. The van der Waals surface area contributed by atoms with Gasteiger partial charge >= 0.3 is 0 Å². The number of nitrogens with one attached hydrogen (secondary N) is 3. The Labute approximate surface area is 104 Å². The van der Waals surface area contributed by atoms with E-state index in [1.165, 1.54) is 11.4 Å². The van der Waals surface area contributed by atoms with Crippen molar-refractivity contribution in [2.45, 2.75) is 33.1 Å². The molecule has 0 aromatic carbocycles. The van der Waals surface area contributed by atoms with Crippen LogP contribution in [0.3, 0.4) is 0 Å². The van der Waals surface area contributed by atoms with Crippen LogP contribution in [0.4, 0.5) is 0 Å². The van der Waals surface area contributed by atoms with Crippen molar-refractivity contribution in [1.82, 2.24) is 21.1 Å². The average Bonchev–Trinajstić information content (AvgIpc) is 2.51. The summed E-state index contributed by atoms with van der Waals surface area (Å²) >= 11 is 0. The van der Waals surface area contributed by atoms with Gasteiger partial charge in [-0.05, 0) is 6.42 Å². The van der Waals surface area contributed by atoms with Crippen LogP contribution in [-0.4, -0.2) is 37.5 Å². The van der Waals surface area contributed by atoms with Crippen molar-refractivity contribution in [3.05, 3.63) is 11.4 Å². The Morgan fingerprint density at radius 1 is 1.29 bits per heavy atom. The molecule has 5 heteroatoms. The number of hydrogen-bond donors (Lipinski definition) is 3. The maximum absolute atomic E-state index is 11.4. The highest BCUT2D eigenvalue weighted by Gasteiger charge is 2.16. The maximum atomic E-state index is 11.4. The molecule has 1 heterocycles. The minimum absolute atomic E-state index is 0.156. The molecule has 0 radical (unpaired) electrons. The number of hydrogen-bond acceptors (Lipinski definition) is 4. The second-order valence-electron chi connectivity index (χ2n) is 4.26. The highest BCUT2D eigenvalue weighted by molar-refractivity contribution is 5.73. The molecule has 1 aliphatic heterocycles. The largest absolute Gasteiger partial charge is 0.390 e. The lowest BCUT2D eigenvalue weighted by molar-refractivity contribution is -0.128. The van der Waals surface area contributed by atoms with Crippen LogP contribution in [0.15, 0.2) is 11.4 Å². The minimum atomic E-state index is 0.156. The lowest BCUT2D eigenvalue weighted by Crippen LogP contribution is -2.34. The summed E-state index contributed by atoms with van der Waals surface area (Å²) in [6.45, 7) is 6.29. The summed E-state index contributed by atoms with van der Waals surface area (Å²) < 4.78 is 0. The molecule has 0 atom stereocenters. The van der Waals surface area contributed by atoms with Crippen molar-refractivity contribution >= 4 is 5.91 Å². The molecule has 0 aromatic heterocycles. The number of rotatable bonds is 5. The van der Waals surface area contributed by atoms with Crippen molar-refractivity contribution in [2.75, 3.05) is 26.7 Å². The van der Waals surface area contributed by atoms with E-state index in [2.05, 4.69) is 23.1 Å². The Hall–Kier alpha value is -1.23. The van der Waals surface area contributed by atoms with E-state index in [4.69, 9.17) is 0 Å². The first-order valence-corrected chi connectivity index (χ1v) is 6.33. The van der Waals surface area contributed by atoms with Gasteiger partial charge in [-0.25, -0.2) is 5.43 Å². The Morgan fingerprint density at radius 3 is 2.47 bits per heavy atom. The van der Waals surface area contributed by atoms with Crippen LogP contribution in [0.5, 0.6) is 0 Å². The van der Waals surface area contributed by atoms with Crippen LogP contribution in [-0.2, 0) is 4.79 Å². The summed E-state index contributed by atoms with van der Waals surface area (Å²) in [5, 5.41) is 3.22. The molecular weight excluding hydrogens is 216 g/mol. The third-order valence-corrected chi connectivity index (χ3v) is 2.99. The van der Waals surface area contributed by atoms with Crippen molar-refractivity contribution in [3.63, 3.8) is 0 Å². The van der Waals surface area contributed by atoms with Crippen LogP contribution < -0.4 is 16.2 Å². The van der Waals surface area contributed by atoms with Gasteiger partial charge in [-0.2, -0.15) is 0 Å². The second kappa shape index (κ2) is 7.17. The minimum Gasteiger partial charge on any atom is -0.390 e. The van der Waals surface area contributed by atoms with Gasteiger partial charge in [0.05, 0.1) is 0 Å². The Kier molecular flexibility index (Phi) is 5.83. The van der Waals surface area contributed by atoms with Gasteiger partial charge in [0.1, 0.15) is 0 Å². The Balaban J connectivity index is 2.57. The number of nitrogens with zero attached hydrogens (tertiary/aromatic N) is 1. The molecule has 98 valence electrons. The number of amides is 1. The molecule has 0 unspecified atom stereocenters. The SMILES string of the molecule is CCCNNC1=C(NC)CCN(C(C)=O)CC1. The molecule has 0 spiro atoms. The van der Waals surface area contributed by atoms with Gasteiger partial charge in [0.15, 0.2) is 0 Å². The molecule has 3 N–H and O–H groups in total. The third-order valence-electron chi connectivity index (χ3n) is 2.99. The van der Waals surface area contributed by atoms with E-state index >= 15 is 0 Å². The fourth-order valence-corrected chi connectivity index (χ4v) is 1.93. The van der Waals surface area contributed by atoms with Crippen molar-refractivity contribution in [2.24, 2.45) is 0 Å². The molecule has 0 aromatic rings. The number of carbonyl (C=O) groups is 1. The predicted molar refractivity (Wildman–Crippen MR) is 69.0 cm³/mol. The van der Waals surface area contributed by atoms with Crippen LogP contribution in [0.2, 0.25) is 0 Å².